The Morgan fingerprint density at radius 2 is 2.06 bits per heavy atom. The number of carbonyl (C=O) groups excluding carboxylic acids is 1. The fourth-order valence-electron chi connectivity index (χ4n) is 5.29. The Balaban J connectivity index is 1.27. The number of aromatic amines is 1. The number of hydrogen-bond acceptors (Lipinski definition) is 9. The van der Waals surface area contributed by atoms with Gasteiger partial charge in [0.2, 0.25) is 5.91 Å². The number of H-pyrrole nitrogens is 1. The summed E-state index contributed by atoms with van der Waals surface area (Å²) in [4.78, 5) is 31.9. The lowest BCUT2D eigenvalue weighted by Crippen LogP contribution is -2.50. The number of aromatic nitrogens is 5. The highest BCUT2D eigenvalue weighted by atomic mass is 16.5. The molecule has 3 N–H and O–H groups in total. The number of rotatable bonds is 2. The van der Waals surface area contributed by atoms with Gasteiger partial charge in [-0.15, -0.1) is 0 Å². The highest BCUT2D eigenvalue weighted by Gasteiger charge is 2.47. The molecule has 6 rings (SSSR count). The molecule has 2 fully saturated rings. The van der Waals surface area contributed by atoms with E-state index in [0.717, 1.165) is 49.7 Å². The maximum atomic E-state index is 12.6. The molecular formula is C22H27N9O2. The van der Waals surface area contributed by atoms with E-state index in [-0.39, 0.29) is 30.0 Å². The molecule has 11 heteroatoms. The summed E-state index contributed by atoms with van der Waals surface area (Å²) < 4.78 is 5.84. The number of nitrogens with one attached hydrogen (secondary N) is 1. The van der Waals surface area contributed by atoms with Crippen LogP contribution in [0.2, 0.25) is 0 Å². The first-order valence-corrected chi connectivity index (χ1v) is 11.3. The van der Waals surface area contributed by atoms with E-state index in [4.69, 9.17) is 20.4 Å². The third-order valence-electron chi connectivity index (χ3n) is 7.52. The quantitative estimate of drug-likeness (QED) is 0.593. The van der Waals surface area contributed by atoms with Gasteiger partial charge in [0.05, 0.1) is 36.5 Å². The Labute approximate surface area is 190 Å². The van der Waals surface area contributed by atoms with Crippen LogP contribution in [0.25, 0.3) is 11.2 Å². The molecule has 0 saturated carbocycles. The number of anilines is 4. The fourth-order valence-corrected chi connectivity index (χ4v) is 5.29. The summed E-state index contributed by atoms with van der Waals surface area (Å²) in [5, 5.41) is 7.48. The van der Waals surface area contributed by atoms with Gasteiger partial charge in [-0.25, -0.2) is 9.97 Å². The summed E-state index contributed by atoms with van der Waals surface area (Å²) >= 11 is 0. The van der Waals surface area contributed by atoms with E-state index >= 15 is 0 Å². The molecule has 172 valence electrons. The maximum Gasteiger partial charge on any atom is 0.246 e. The molecule has 3 aliphatic heterocycles. The van der Waals surface area contributed by atoms with E-state index in [1.807, 2.05) is 11.0 Å². The van der Waals surface area contributed by atoms with Crippen LogP contribution in [-0.4, -0.2) is 76.5 Å². The minimum Gasteiger partial charge on any atom is -0.376 e. The van der Waals surface area contributed by atoms with Crippen molar-refractivity contribution < 1.29 is 9.53 Å². The van der Waals surface area contributed by atoms with E-state index in [1.54, 1.807) is 30.5 Å². The van der Waals surface area contributed by atoms with Crippen LogP contribution in [0.15, 0.2) is 24.7 Å². The van der Waals surface area contributed by atoms with E-state index < -0.39 is 0 Å². The highest BCUT2D eigenvalue weighted by Crippen LogP contribution is 2.42. The van der Waals surface area contributed by atoms with Gasteiger partial charge in [0.25, 0.3) is 0 Å². The summed E-state index contributed by atoms with van der Waals surface area (Å²) in [6.07, 6.45) is 7.24. The van der Waals surface area contributed by atoms with Crippen LogP contribution < -0.4 is 20.4 Å². The predicted molar refractivity (Wildman–Crippen MR) is 124 cm³/mol. The van der Waals surface area contributed by atoms with Crippen LogP contribution >= 0.6 is 0 Å². The largest absolute Gasteiger partial charge is 0.376 e. The van der Waals surface area contributed by atoms with Crippen molar-refractivity contribution in [2.24, 2.45) is 11.1 Å². The minimum absolute atomic E-state index is 0.0399. The number of carbonyl (C=O) groups is 1. The minimum atomic E-state index is -0.0399. The Kier molecular flexibility index (Phi) is 4.53. The van der Waals surface area contributed by atoms with Gasteiger partial charge in [0.1, 0.15) is 12.4 Å². The third-order valence-corrected chi connectivity index (χ3v) is 7.52. The number of amides is 1. The third kappa shape index (κ3) is 3.06. The molecule has 0 bridgehead atoms. The van der Waals surface area contributed by atoms with Crippen LogP contribution in [0, 0.1) is 5.41 Å². The lowest BCUT2D eigenvalue weighted by Gasteiger charge is -2.41. The first-order valence-electron chi connectivity index (χ1n) is 11.3. The number of nitrogens with zero attached hydrogens (tertiary/aromatic N) is 7. The van der Waals surface area contributed by atoms with E-state index in [0.29, 0.717) is 17.0 Å². The molecule has 0 aliphatic carbocycles. The van der Waals surface area contributed by atoms with Gasteiger partial charge in [-0.05, 0) is 25.8 Å². The lowest BCUT2D eigenvalue weighted by molar-refractivity contribution is -0.117. The normalized spacial score (nSPS) is 24.7. The van der Waals surface area contributed by atoms with Gasteiger partial charge in [-0.3, -0.25) is 14.9 Å². The van der Waals surface area contributed by atoms with E-state index in [9.17, 15) is 4.79 Å². The topological polar surface area (TPSA) is 129 Å². The molecule has 0 unspecified atom stereocenters. The van der Waals surface area contributed by atoms with Crippen molar-refractivity contribution >= 4 is 40.1 Å². The van der Waals surface area contributed by atoms with Crippen molar-refractivity contribution in [2.75, 3.05) is 48.0 Å². The van der Waals surface area contributed by atoms with Crippen LogP contribution in [0.1, 0.15) is 19.8 Å². The van der Waals surface area contributed by atoms with Gasteiger partial charge >= 0.3 is 0 Å². The Morgan fingerprint density at radius 1 is 1.24 bits per heavy atom. The zero-order valence-corrected chi connectivity index (χ0v) is 18.7. The highest BCUT2D eigenvalue weighted by molar-refractivity contribution is 6.05. The molecule has 1 amide bonds. The van der Waals surface area contributed by atoms with Crippen molar-refractivity contribution in [3.63, 3.8) is 0 Å². The monoisotopic (exact) mass is 449 g/mol. The van der Waals surface area contributed by atoms with Gasteiger partial charge in [0.15, 0.2) is 17.0 Å². The van der Waals surface area contributed by atoms with Crippen molar-refractivity contribution in [3.8, 4) is 0 Å². The van der Waals surface area contributed by atoms with Crippen LogP contribution in [0.5, 0.6) is 0 Å². The number of ether oxygens (including phenoxy) is 1. The number of pyridine rings is 1. The summed E-state index contributed by atoms with van der Waals surface area (Å²) in [6, 6.07) is 1.95. The van der Waals surface area contributed by atoms with E-state index in [2.05, 4.69) is 27.0 Å². The van der Waals surface area contributed by atoms with Gasteiger partial charge < -0.3 is 25.2 Å². The average Bonchev–Trinajstić information content (AvgIpc) is 3.38. The van der Waals surface area contributed by atoms with Crippen molar-refractivity contribution in [2.45, 2.75) is 31.9 Å². The molecular weight excluding hydrogens is 422 g/mol. The number of nitrogens with two attached hydrogens (primary N) is 1. The summed E-state index contributed by atoms with van der Waals surface area (Å²) in [5.41, 5.74) is 9.34. The average molecular weight is 450 g/mol. The molecule has 3 aromatic rings. The second-order valence-corrected chi connectivity index (χ2v) is 9.27. The molecule has 11 nitrogen and oxygen atoms in total. The Hall–Kier alpha value is -3.31. The predicted octanol–water partition coefficient (Wildman–Crippen LogP) is 1.20. The number of hydrogen-bond donors (Lipinski definition) is 2. The molecule has 33 heavy (non-hydrogen) atoms. The van der Waals surface area contributed by atoms with Crippen molar-refractivity contribution in [1.29, 1.82) is 0 Å². The SMILES string of the molecule is C[C@@H]1OCC2(CCN(c3cnc4c(N5CC(=O)N(C)c6cnccc65)n[nH]c4n3)CC2)[C@@H]1N. The standard InChI is InChI=1S/C22H27N9O2/c1-13-19(23)22(12-33-13)4-7-30(8-5-22)16-10-25-18-20(26-16)27-28-21(18)31-11-17(32)29(2)15-9-24-6-3-14(15)31/h3,6,9-10,13,19H,4-5,7-8,11-12,23H2,1-2H3,(H,26,27,28)/t13-,19+/m0/s1. The zero-order valence-electron chi connectivity index (χ0n) is 18.7. The molecule has 2 atom stereocenters. The van der Waals surface area contributed by atoms with E-state index in [1.165, 1.54) is 0 Å². The number of piperidine rings is 1. The Bertz CT molecular complexity index is 1220. The summed E-state index contributed by atoms with van der Waals surface area (Å²) in [5.74, 6) is 1.35. The molecule has 0 radical (unpaired) electrons. The lowest BCUT2D eigenvalue weighted by atomic mass is 9.73. The smallest absolute Gasteiger partial charge is 0.246 e. The van der Waals surface area contributed by atoms with Gasteiger partial charge in [-0.2, -0.15) is 5.10 Å². The second-order valence-electron chi connectivity index (χ2n) is 9.27. The number of likely N-dealkylation sites (N-methyl/N-ethyl adjacent to an activating group) is 1. The molecule has 6 heterocycles. The van der Waals surface area contributed by atoms with Crippen molar-refractivity contribution in [1.82, 2.24) is 25.1 Å². The number of fused-ring (bicyclic) bond motifs is 2. The van der Waals surface area contributed by atoms with Gasteiger partial charge in [-0.1, -0.05) is 0 Å². The molecule has 0 aromatic carbocycles. The van der Waals surface area contributed by atoms with Gasteiger partial charge in [0, 0.05) is 37.8 Å². The fraction of sp³-hybridized carbons (Fsp3) is 0.500. The summed E-state index contributed by atoms with van der Waals surface area (Å²) in [6.45, 7) is 4.69. The first kappa shape index (κ1) is 20.3. The molecule has 2 saturated heterocycles. The molecule has 3 aromatic heterocycles. The van der Waals surface area contributed by atoms with Crippen LogP contribution in [0.3, 0.4) is 0 Å². The summed E-state index contributed by atoms with van der Waals surface area (Å²) in [7, 11) is 1.75. The van der Waals surface area contributed by atoms with Crippen molar-refractivity contribution in [3.05, 3.63) is 24.7 Å². The van der Waals surface area contributed by atoms with Crippen LogP contribution in [0.4, 0.5) is 23.0 Å². The second kappa shape index (κ2) is 7.35. The zero-order chi connectivity index (χ0) is 22.7. The first-order chi connectivity index (χ1) is 16.0. The maximum absolute atomic E-state index is 12.6. The van der Waals surface area contributed by atoms with Crippen LogP contribution in [-0.2, 0) is 9.53 Å². The molecule has 1 spiro atoms. The molecule has 3 aliphatic rings. The Morgan fingerprint density at radius 3 is 2.82 bits per heavy atom.